The number of nitrogens with zero attached hydrogens (tertiary/aromatic N) is 1. The van der Waals surface area contributed by atoms with E-state index in [0.29, 0.717) is 0 Å². The van der Waals surface area contributed by atoms with Crippen molar-refractivity contribution in [1.29, 1.82) is 0 Å². The minimum Gasteiger partial charge on any atom is -0.442 e. The zero-order valence-electron chi connectivity index (χ0n) is 7.53. The van der Waals surface area contributed by atoms with Crippen LogP contribution in [0.15, 0.2) is 40.1 Å². The molecule has 0 N–H and O–H groups in total. The van der Waals surface area contributed by atoms with Crippen molar-refractivity contribution in [3.05, 3.63) is 35.7 Å². The Morgan fingerprint density at radius 2 is 2.00 bits per heavy atom. The van der Waals surface area contributed by atoms with Crippen LogP contribution in [0.5, 0.6) is 0 Å². The van der Waals surface area contributed by atoms with E-state index in [0.717, 1.165) is 21.4 Å². The molecule has 2 rings (SSSR count). The number of hydrogen-bond donors (Lipinski definition) is 0. The predicted octanol–water partition coefficient (Wildman–Crippen LogP) is 3.72. The second-order valence-corrected chi connectivity index (χ2v) is 3.93. The van der Waals surface area contributed by atoms with Gasteiger partial charge in [-0.2, -0.15) is 0 Å². The second-order valence-electron chi connectivity index (χ2n) is 2.70. The molecule has 0 amide bonds. The van der Waals surface area contributed by atoms with Gasteiger partial charge in [-0.15, -0.1) is 11.8 Å². The Morgan fingerprint density at radius 1 is 1.29 bits per heavy atom. The third-order valence-electron chi connectivity index (χ3n) is 1.83. The molecule has 0 atom stereocenters. The van der Waals surface area contributed by atoms with Crippen molar-refractivity contribution in [3.8, 4) is 11.3 Å². The standard InChI is InChI=1S/C10H8ClNOS/c1-14-10-9(13-6-12-10)7-2-4-8(11)5-3-7/h2-6H,1H3. The summed E-state index contributed by atoms with van der Waals surface area (Å²) < 4.78 is 5.31. The fraction of sp³-hybridized carbons (Fsp3) is 0.100. The zero-order valence-corrected chi connectivity index (χ0v) is 9.10. The second kappa shape index (κ2) is 4.07. The lowest BCUT2D eigenvalue weighted by molar-refractivity contribution is 0.570. The summed E-state index contributed by atoms with van der Waals surface area (Å²) in [6.07, 6.45) is 3.42. The van der Waals surface area contributed by atoms with Gasteiger partial charge in [-0.3, -0.25) is 0 Å². The van der Waals surface area contributed by atoms with Crippen molar-refractivity contribution in [3.63, 3.8) is 0 Å². The summed E-state index contributed by atoms with van der Waals surface area (Å²) in [6, 6.07) is 7.51. The van der Waals surface area contributed by atoms with Gasteiger partial charge in [0.05, 0.1) is 0 Å². The van der Waals surface area contributed by atoms with Gasteiger partial charge in [-0.1, -0.05) is 11.6 Å². The maximum Gasteiger partial charge on any atom is 0.182 e. The molecule has 2 nitrogen and oxygen atoms in total. The molecule has 1 aromatic carbocycles. The summed E-state index contributed by atoms with van der Waals surface area (Å²) >= 11 is 7.36. The van der Waals surface area contributed by atoms with Gasteiger partial charge < -0.3 is 4.42 Å². The molecule has 2 aromatic rings. The van der Waals surface area contributed by atoms with E-state index in [1.807, 2.05) is 30.5 Å². The van der Waals surface area contributed by atoms with Gasteiger partial charge in [0.2, 0.25) is 0 Å². The first-order valence-corrected chi connectivity index (χ1v) is 5.65. The van der Waals surface area contributed by atoms with Crippen LogP contribution in [0.1, 0.15) is 0 Å². The molecule has 0 aliphatic rings. The third kappa shape index (κ3) is 1.79. The highest BCUT2D eigenvalue weighted by atomic mass is 35.5. The van der Waals surface area contributed by atoms with Gasteiger partial charge in [0.15, 0.2) is 12.2 Å². The molecular formula is C10H8ClNOS. The van der Waals surface area contributed by atoms with Gasteiger partial charge in [0.1, 0.15) is 5.03 Å². The van der Waals surface area contributed by atoms with Crippen LogP contribution in [-0.2, 0) is 0 Å². The van der Waals surface area contributed by atoms with Gasteiger partial charge in [0, 0.05) is 10.6 Å². The summed E-state index contributed by atoms with van der Waals surface area (Å²) in [5.74, 6) is 0.800. The van der Waals surface area contributed by atoms with E-state index in [-0.39, 0.29) is 0 Å². The molecule has 4 heteroatoms. The molecule has 0 fully saturated rings. The lowest BCUT2D eigenvalue weighted by atomic mass is 10.2. The number of oxazole rings is 1. The van der Waals surface area contributed by atoms with Crippen molar-refractivity contribution in [2.75, 3.05) is 6.26 Å². The Hall–Kier alpha value is -0.930. The third-order valence-corrected chi connectivity index (χ3v) is 2.76. The first-order valence-electron chi connectivity index (χ1n) is 4.04. The molecule has 1 aromatic heterocycles. The fourth-order valence-corrected chi connectivity index (χ4v) is 1.80. The molecule has 0 saturated carbocycles. The minimum atomic E-state index is 0.721. The van der Waals surface area contributed by atoms with Crippen molar-refractivity contribution >= 4 is 23.4 Å². The summed E-state index contributed by atoms with van der Waals surface area (Å²) in [4.78, 5) is 4.10. The van der Waals surface area contributed by atoms with Gasteiger partial charge in [-0.05, 0) is 30.5 Å². The number of aromatic nitrogens is 1. The number of hydrogen-bond acceptors (Lipinski definition) is 3. The number of thioether (sulfide) groups is 1. The summed E-state index contributed by atoms with van der Waals surface area (Å²) in [5, 5.41) is 1.62. The van der Waals surface area contributed by atoms with Crippen molar-refractivity contribution < 1.29 is 4.42 Å². The Labute approximate surface area is 91.3 Å². The predicted molar refractivity (Wildman–Crippen MR) is 58.7 cm³/mol. The highest BCUT2D eigenvalue weighted by Crippen LogP contribution is 2.29. The van der Waals surface area contributed by atoms with Crippen molar-refractivity contribution in [2.24, 2.45) is 0 Å². The average molecular weight is 226 g/mol. The maximum absolute atomic E-state index is 5.80. The van der Waals surface area contributed by atoms with Crippen LogP contribution in [0, 0.1) is 0 Å². The van der Waals surface area contributed by atoms with Crippen LogP contribution in [0.2, 0.25) is 5.02 Å². The molecule has 0 saturated heterocycles. The zero-order chi connectivity index (χ0) is 9.97. The molecule has 0 spiro atoms. The Bertz CT molecular complexity index is 424. The summed E-state index contributed by atoms with van der Waals surface area (Å²) in [6.45, 7) is 0. The van der Waals surface area contributed by atoms with E-state index in [1.165, 1.54) is 6.39 Å². The Morgan fingerprint density at radius 3 is 2.64 bits per heavy atom. The topological polar surface area (TPSA) is 26.0 Å². The smallest absolute Gasteiger partial charge is 0.182 e. The van der Waals surface area contributed by atoms with Gasteiger partial charge in [0.25, 0.3) is 0 Å². The molecule has 1 heterocycles. The van der Waals surface area contributed by atoms with Crippen LogP contribution in [0.4, 0.5) is 0 Å². The van der Waals surface area contributed by atoms with Crippen LogP contribution in [0.25, 0.3) is 11.3 Å². The molecule has 14 heavy (non-hydrogen) atoms. The normalized spacial score (nSPS) is 10.4. The lowest BCUT2D eigenvalue weighted by Crippen LogP contribution is -1.77. The minimum absolute atomic E-state index is 0.721. The molecular weight excluding hydrogens is 218 g/mol. The van der Waals surface area contributed by atoms with Gasteiger partial charge in [-0.25, -0.2) is 4.98 Å². The highest BCUT2D eigenvalue weighted by Gasteiger charge is 2.08. The molecule has 0 unspecified atom stereocenters. The maximum atomic E-state index is 5.80. The van der Waals surface area contributed by atoms with Gasteiger partial charge >= 0.3 is 0 Å². The molecule has 0 radical (unpaired) electrons. The number of benzene rings is 1. The van der Waals surface area contributed by atoms with Crippen molar-refractivity contribution in [1.82, 2.24) is 4.98 Å². The summed E-state index contributed by atoms with van der Waals surface area (Å²) in [7, 11) is 0. The molecule has 0 bridgehead atoms. The van der Waals surface area contributed by atoms with E-state index < -0.39 is 0 Å². The first-order chi connectivity index (χ1) is 6.81. The Kier molecular flexibility index (Phi) is 2.79. The quantitative estimate of drug-likeness (QED) is 0.729. The van der Waals surface area contributed by atoms with E-state index in [9.17, 15) is 0 Å². The number of rotatable bonds is 2. The number of halogens is 1. The average Bonchev–Trinajstić information content (AvgIpc) is 2.67. The Balaban J connectivity index is 2.44. The molecule has 0 aliphatic heterocycles. The van der Waals surface area contributed by atoms with Crippen LogP contribution in [0.3, 0.4) is 0 Å². The SMILES string of the molecule is CSc1ncoc1-c1ccc(Cl)cc1. The van der Waals surface area contributed by atoms with E-state index >= 15 is 0 Å². The molecule has 72 valence electrons. The van der Waals surface area contributed by atoms with Crippen LogP contribution < -0.4 is 0 Å². The fourth-order valence-electron chi connectivity index (χ4n) is 1.17. The van der Waals surface area contributed by atoms with E-state index in [1.54, 1.807) is 11.8 Å². The largest absolute Gasteiger partial charge is 0.442 e. The molecule has 0 aliphatic carbocycles. The van der Waals surface area contributed by atoms with E-state index in [4.69, 9.17) is 16.0 Å². The van der Waals surface area contributed by atoms with E-state index in [2.05, 4.69) is 4.98 Å². The highest BCUT2D eigenvalue weighted by molar-refractivity contribution is 7.98. The monoisotopic (exact) mass is 225 g/mol. The van der Waals surface area contributed by atoms with Crippen LogP contribution >= 0.6 is 23.4 Å². The van der Waals surface area contributed by atoms with Crippen LogP contribution in [-0.4, -0.2) is 11.2 Å². The summed E-state index contributed by atoms with van der Waals surface area (Å²) in [5.41, 5.74) is 0.997. The lowest BCUT2D eigenvalue weighted by Gasteiger charge is -1.98. The van der Waals surface area contributed by atoms with Crippen molar-refractivity contribution in [2.45, 2.75) is 5.03 Å². The first kappa shape index (κ1) is 9.62.